The molecule has 9 heteroatoms. The molecule has 0 spiro atoms. The SMILES string of the molecule is CCCCCCCCCCCCCCCCCOC(=O)CCNC(=O)C(F)(F)C(F)(F)F. The van der Waals surface area contributed by atoms with Gasteiger partial charge >= 0.3 is 18.1 Å². The molecule has 0 aromatic heterocycles. The number of hydrogen-bond donors (Lipinski definition) is 1. The third-order valence-corrected chi connectivity index (χ3v) is 5.27. The van der Waals surface area contributed by atoms with Crippen LogP contribution in [0.3, 0.4) is 0 Å². The molecule has 0 aliphatic heterocycles. The lowest BCUT2D eigenvalue weighted by Crippen LogP contribution is -2.50. The predicted molar refractivity (Wildman–Crippen MR) is 115 cm³/mol. The maximum atomic E-state index is 12.7. The van der Waals surface area contributed by atoms with Crippen LogP contribution in [0, 0.1) is 0 Å². The minimum Gasteiger partial charge on any atom is -0.466 e. The third kappa shape index (κ3) is 15.4. The quantitative estimate of drug-likeness (QED) is 0.117. The second-order valence-electron chi connectivity index (χ2n) is 8.25. The van der Waals surface area contributed by atoms with E-state index in [9.17, 15) is 31.5 Å². The van der Waals surface area contributed by atoms with E-state index in [1.165, 1.54) is 75.9 Å². The van der Waals surface area contributed by atoms with Crippen LogP contribution in [0.15, 0.2) is 0 Å². The lowest BCUT2D eigenvalue weighted by atomic mass is 10.0. The number of carbonyl (C=O) groups excluding carboxylic acids is 2. The summed E-state index contributed by atoms with van der Waals surface area (Å²) in [5.41, 5.74) is 0. The Labute approximate surface area is 189 Å². The van der Waals surface area contributed by atoms with Crippen LogP contribution in [-0.4, -0.2) is 37.1 Å². The molecule has 0 saturated heterocycles. The second kappa shape index (κ2) is 18.1. The first-order valence-electron chi connectivity index (χ1n) is 12.0. The molecule has 0 heterocycles. The molecule has 4 nitrogen and oxygen atoms in total. The van der Waals surface area contributed by atoms with E-state index in [1.807, 2.05) is 0 Å². The summed E-state index contributed by atoms with van der Waals surface area (Å²) in [5, 5.41) is 1.41. The van der Waals surface area contributed by atoms with Crippen LogP contribution >= 0.6 is 0 Å². The van der Waals surface area contributed by atoms with Gasteiger partial charge in [-0.15, -0.1) is 0 Å². The summed E-state index contributed by atoms with van der Waals surface area (Å²) in [4.78, 5) is 22.3. The number of alkyl halides is 5. The number of rotatable bonds is 20. The largest absolute Gasteiger partial charge is 0.466 e. The average Bonchev–Trinajstić information content (AvgIpc) is 2.72. The molecule has 0 aromatic carbocycles. The maximum Gasteiger partial charge on any atom is 0.463 e. The molecule has 0 bridgehead atoms. The Bertz CT molecular complexity index is 499. The molecule has 0 aromatic rings. The van der Waals surface area contributed by atoms with Crippen molar-refractivity contribution in [1.82, 2.24) is 5.32 Å². The van der Waals surface area contributed by atoms with E-state index in [2.05, 4.69) is 6.92 Å². The van der Waals surface area contributed by atoms with Crippen molar-refractivity contribution < 1.29 is 36.3 Å². The van der Waals surface area contributed by atoms with Crippen molar-refractivity contribution in [2.75, 3.05) is 13.2 Å². The van der Waals surface area contributed by atoms with Gasteiger partial charge in [-0.3, -0.25) is 9.59 Å². The number of esters is 1. The van der Waals surface area contributed by atoms with E-state index in [0.29, 0.717) is 6.42 Å². The lowest BCUT2D eigenvalue weighted by Gasteiger charge is -2.18. The van der Waals surface area contributed by atoms with Crippen molar-refractivity contribution in [2.24, 2.45) is 0 Å². The number of amides is 1. The van der Waals surface area contributed by atoms with E-state index >= 15 is 0 Å². The Morgan fingerprint density at radius 1 is 0.688 bits per heavy atom. The number of carbonyl (C=O) groups is 2. The molecule has 190 valence electrons. The molecule has 0 radical (unpaired) electrons. The van der Waals surface area contributed by atoms with Crippen LogP contribution in [-0.2, 0) is 14.3 Å². The number of ether oxygens (including phenoxy) is 1. The molecule has 1 amide bonds. The Morgan fingerprint density at radius 3 is 1.50 bits per heavy atom. The Kier molecular flexibility index (Phi) is 17.3. The Morgan fingerprint density at radius 2 is 1.09 bits per heavy atom. The molecular weight excluding hydrogens is 433 g/mol. The molecule has 0 aliphatic rings. The zero-order chi connectivity index (χ0) is 24.3. The second-order valence-corrected chi connectivity index (χ2v) is 8.25. The summed E-state index contributed by atoms with van der Waals surface area (Å²) < 4.78 is 66.3. The monoisotopic (exact) mass is 473 g/mol. The van der Waals surface area contributed by atoms with Gasteiger partial charge < -0.3 is 10.1 Å². The highest BCUT2D eigenvalue weighted by Gasteiger charge is 2.63. The highest BCUT2D eigenvalue weighted by atomic mass is 19.4. The highest BCUT2D eigenvalue weighted by Crippen LogP contribution is 2.35. The zero-order valence-corrected chi connectivity index (χ0v) is 19.3. The van der Waals surface area contributed by atoms with Crippen LogP contribution in [0.2, 0.25) is 0 Å². The van der Waals surface area contributed by atoms with Crippen LogP contribution in [0.5, 0.6) is 0 Å². The highest BCUT2D eigenvalue weighted by molar-refractivity contribution is 5.84. The smallest absolute Gasteiger partial charge is 0.463 e. The van der Waals surface area contributed by atoms with Crippen LogP contribution < -0.4 is 5.32 Å². The summed E-state index contributed by atoms with van der Waals surface area (Å²) in [7, 11) is 0. The van der Waals surface area contributed by atoms with Crippen LogP contribution in [0.1, 0.15) is 110 Å². The summed E-state index contributed by atoms with van der Waals surface area (Å²) in [6.07, 6.45) is 11.7. The van der Waals surface area contributed by atoms with Crippen molar-refractivity contribution in [3.8, 4) is 0 Å². The van der Waals surface area contributed by atoms with Crippen molar-refractivity contribution >= 4 is 11.9 Å². The number of unbranched alkanes of at least 4 members (excludes halogenated alkanes) is 14. The molecule has 1 N–H and O–H groups in total. The van der Waals surface area contributed by atoms with E-state index in [0.717, 1.165) is 19.3 Å². The number of nitrogens with one attached hydrogen (secondary N) is 1. The van der Waals surface area contributed by atoms with E-state index in [4.69, 9.17) is 4.74 Å². The molecule has 0 atom stereocenters. The summed E-state index contributed by atoms with van der Waals surface area (Å²) >= 11 is 0. The predicted octanol–water partition coefficient (Wildman–Crippen LogP) is 7.10. The van der Waals surface area contributed by atoms with Crippen molar-refractivity contribution in [3.63, 3.8) is 0 Å². The third-order valence-electron chi connectivity index (χ3n) is 5.27. The van der Waals surface area contributed by atoms with Gasteiger partial charge in [-0.1, -0.05) is 96.8 Å². The number of halogens is 5. The van der Waals surface area contributed by atoms with Gasteiger partial charge in [-0.05, 0) is 6.42 Å². The minimum atomic E-state index is -5.97. The van der Waals surface area contributed by atoms with Gasteiger partial charge in [0.1, 0.15) is 0 Å². The van der Waals surface area contributed by atoms with Gasteiger partial charge in [0.15, 0.2) is 0 Å². The first-order chi connectivity index (χ1) is 15.1. The molecule has 0 aliphatic carbocycles. The maximum absolute atomic E-state index is 12.7. The van der Waals surface area contributed by atoms with Crippen molar-refractivity contribution in [2.45, 2.75) is 122 Å². The molecule has 32 heavy (non-hydrogen) atoms. The van der Waals surface area contributed by atoms with Gasteiger partial charge in [0.25, 0.3) is 5.91 Å². The van der Waals surface area contributed by atoms with Crippen molar-refractivity contribution in [3.05, 3.63) is 0 Å². The normalized spacial score (nSPS) is 12.1. The Balaban J connectivity index is 3.44. The lowest BCUT2D eigenvalue weighted by molar-refractivity contribution is -0.269. The fraction of sp³-hybridized carbons (Fsp3) is 0.913. The minimum absolute atomic E-state index is 0.170. The van der Waals surface area contributed by atoms with E-state index in [-0.39, 0.29) is 6.61 Å². The fourth-order valence-electron chi connectivity index (χ4n) is 3.25. The Hall–Kier alpha value is -1.41. The topological polar surface area (TPSA) is 55.4 Å². The zero-order valence-electron chi connectivity index (χ0n) is 19.3. The summed E-state index contributed by atoms with van der Waals surface area (Å²) in [6, 6.07) is 0. The first-order valence-corrected chi connectivity index (χ1v) is 12.0. The van der Waals surface area contributed by atoms with Crippen LogP contribution in [0.25, 0.3) is 0 Å². The summed E-state index contributed by atoms with van der Waals surface area (Å²) in [5.74, 6) is -8.70. The van der Waals surface area contributed by atoms with Gasteiger partial charge in [-0.2, -0.15) is 22.0 Å². The number of hydrogen-bond acceptors (Lipinski definition) is 3. The molecule has 0 unspecified atom stereocenters. The van der Waals surface area contributed by atoms with Gasteiger partial charge in [0, 0.05) is 6.54 Å². The fourth-order valence-corrected chi connectivity index (χ4v) is 3.25. The molecular formula is C23H40F5NO3. The van der Waals surface area contributed by atoms with Gasteiger partial charge in [0.2, 0.25) is 0 Å². The summed E-state index contributed by atoms with van der Waals surface area (Å²) in [6.45, 7) is 1.76. The molecule has 0 fully saturated rings. The molecule has 0 saturated carbocycles. The van der Waals surface area contributed by atoms with E-state index in [1.54, 1.807) is 0 Å². The van der Waals surface area contributed by atoms with Crippen molar-refractivity contribution in [1.29, 1.82) is 0 Å². The molecule has 0 rings (SSSR count). The standard InChI is InChI=1S/C23H40F5NO3/c1-2-3-4-5-6-7-8-9-10-11-12-13-14-15-16-19-32-20(30)17-18-29-21(31)22(24,25)23(26,27)28/h2-19H2,1H3,(H,29,31). The van der Waals surface area contributed by atoms with Gasteiger partial charge in [-0.25, -0.2) is 0 Å². The average molecular weight is 474 g/mol. The van der Waals surface area contributed by atoms with Gasteiger partial charge in [0.05, 0.1) is 13.0 Å². The first kappa shape index (κ1) is 30.6. The van der Waals surface area contributed by atoms with Crippen LogP contribution in [0.4, 0.5) is 22.0 Å². The van der Waals surface area contributed by atoms with E-state index < -0.39 is 36.9 Å².